The van der Waals surface area contributed by atoms with Gasteiger partial charge < -0.3 is 9.84 Å². The van der Waals surface area contributed by atoms with E-state index in [1.54, 1.807) is 0 Å². The molecule has 1 aliphatic carbocycles. The molecule has 4 unspecified atom stereocenters. The summed E-state index contributed by atoms with van der Waals surface area (Å²) in [5.41, 5.74) is 0. The first-order valence-corrected chi connectivity index (χ1v) is 6.85. The smallest absolute Gasteiger partial charge is 0.0859 e. The van der Waals surface area contributed by atoms with Crippen LogP contribution in [0, 0.1) is 17.8 Å². The van der Waals surface area contributed by atoms with Crippen LogP contribution in [0.2, 0.25) is 0 Å². The van der Waals surface area contributed by atoms with Crippen LogP contribution in [0.25, 0.3) is 0 Å². The van der Waals surface area contributed by atoms with Gasteiger partial charge in [0.15, 0.2) is 0 Å². The van der Waals surface area contributed by atoms with E-state index in [0.717, 1.165) is 12.3 Å². The average Bonchev–Trinajstić information content (AvgIpc) is 2.24. The highest BCUT2D eigenvalue weighted by Gasteiger charge is 2.32. The van der Waals surface area contributed by atoms with Crippen molar-refractivity contribution in [2.45, 2.75) is 65.6 Å². The molecule has 0 radical (unpaired) electrons. The fourth-order valence-corrected chi connectivity index (χ4v) is 2.94. The minimum atomic E-state index is -0.275. The first-order valence-electron chi connectivity index (χ1n) is 6.85. The molecule has 1 fully saturated rings. The van der Waals surface area contributed by atoms with Crippen molar-refractivity contribution in [2.75, 3.05) is 6.61 Å². The molecule has 0 spiro atoms. The highest BCUT2D eigenvalue weighted by atomic mass is 16.5. The predicted octanol–water partition coefficient (Wildman–Crippen LogP) is 3.23. The van der Waals surface area contributed by atoms with Gasteiger partial charge in [-0.25, -0.2) is 0 Å². The van der Waals surface area contributed by atoms with Crippen molar-refractivity contribution >= 4 is 0 Å². The largest absolute Gasteiger partial charge is 0.390 e. The molecule has 1 saturated carbocycles. The molecule has 0 aliphatic heterocycles. The van der Waals surface area contributed by atoms with Crippen molar-refractivity contribution in [3.05, 3.63) is 0 Å². The third-order valence-electron chi connectivity index (χ3n) is 3.81. The average molecular weight is 228 g/mol. The Bertz CT molecular complexity index is 191. The van der Waals surface area contributed by atoms with E-state index in [4.69, 9.17) is 4.74 Å². The molecule has 0 aromatic rings. The second-order valence-electron chi connectivity index (χ2n) is 5.69. The fourth-order valence-electron chi connectivity index (χ4n) is 2.94. The Hall–Kier alpha value is -0.0800. The molecular weight excluding hydrogens is 200 g/mol. The number of hydrogen-bond acceptors (Lipinski definition) is 2. The van der Waals surface area contributed by atoms with Crippen LogP contribution in [-0.2, 0) is 4.74 Å². The lowest BCUT2D eigenvalue weighted by atomic mass is 9.77. The van der Waals surface area contributed by atoms with Crippen LogP contribution < -0.4 is 0 Å². The maximum atomic E-state index is 10.4. The summed E-state index contributed by atoms with van der Waals surface area (Å²) in [6, 6.07) is 0. The van der Waals surface area contributed by atoms with Crippen molar-refractivity contribution < 1.29 is 9.84 Å². The molecule has 0 heterocycles. The molecule has 4 atom stereocenters. The van der Waals surface area contributed by atoms with Crippen LogP contribution >= 0.6 is 0 Å². The maximum absolute atomic E-state index is 10.4. The van der Waals surface area contributed by atoms with Gasteiger partial charge in [-0.15, -0.1) is 0 Å². The van der Waals surface area contributed by atoms with E-state index in [1.807, 2.05) is 6.92 Å². The zero-order valence-electron chi connectivity index (χ0n) is 11.3. The standard InChI is InChI=1S/C14H28O2/c1-5-16-14(10(2)3)13(15)12-8-6-7-11(4)9-12/h10-15H,5-9H2,1-4H3. The number of aliphatic hydroxyl groups is 1. The molecule has 2 nitrogen and oxygen atoms in total. The van der Waals surface area contributed by atoms with E-state index in [-0.39, 0.29) is 12.2 Å². The van der Waals surface area contributed by atoms with Gasteiger partial charge in [0, 0.05) is 6.61 Å². The molecular formula is C14H28O2. The van der Waals surface area contributed by atoms with Crippen LogP contribution in [0.4, 0.5) is 0 Å². The highest BCUT2D eigenvalue weighted by Crippen LogP contribution is 2.33. The van der Waals surface area contributed by atoms with Gasteiger partial charge in [0.2, 0.25) is 0 Å². The lowest BCUT2D eigenvalue weighted by molar-refractivity contribution is -0.0882. The molecule has 16 heavy (non-hydrogen) atoms. The molecule has 0 aromatic heterocycles. The summed E-state index contributed by atoms with van der Waals surface area (Å²) < 4.78 is 5.70. The van der Waals surface area contributed by atoms with E-state index in [2.05, 4.69) is 20.8 Å². The zero-order chi connectivity index (χ0) is 12.1. The molecule has 0 amide bonds. The van der Waals surface area contributed by atoms with E-state index in [1.165, 1.54) is 19.3 Å². The SMILES string of the molecule is CCOC(C(C)C)C(O)C1CCCC(C)C1. The molecule has 1 aliphatic rings. The maximum Gasteiger partial charge on any atom is 0.0859 e. The Kier molecular flexibility index (Phi) is 5.77. The van der Waals surface area contributed by atoms with Crippen molar-refractivity contribution in [3.8, 4) is 0 Å². The molecule has 0 saturated heterocycles. The first kappa shape index (κ1) is 14.0. The Morgan fingerprint density at radius 3 is 2.50 bits per heavy atom. The Balaban J connectivity index is 2.54. The van der Waals surface area contributed by atoms with Crippen molar-refractivity contribution in [2.24, 2.45) is 17.8 Å². The summed E-state index contributed by atoms with van der Waals surface area (Å²) >= 11 is 0. The van der Waals surface area contributed by atoms with Gasteiger partial charge in [-0.3, -0.25) is 0 Å². The first-order chi connectivity index (χ1) is 7.56. The van der Waals surface area contributed by atoms with E-state index in [9.17, 15) is 5.11 Å². The van der Waals surface area contributed by atoms with Crippen LogP contribution in [0.15, 0.2) is 0 Å². The van der Waals surface area contributed by atoms with Crippen molar-refractivity contribution in [1.82, 2.24) is 0 Å². The lowest BCUT2D eigenvalue weighted by Crippen LogP contribution is -2.40. The van der Waals surface area contributed by atoms with Crippen LogP contribution in [0.3, 0.4) is 0 Å². The van der Waals surface area contributed by atoms with Gasteiger partial charge in [-0.2, -0.15) is 0 Å². The second-order valence-corrected chi connectivity index (χ2v) is 5.69. The highest BCUT2D eigenvalue weighted by molar-refractivity contribution is 4.83. The fraction of sp³-hybridized carbons (Fsp3) is 1.00. The summed E-state index contributed by atoms with van der Waals surface area (Å²) in [6.07, 6.45) is 4.66. The molecule has 0 aromatic carbocycles. The van der Waals surface area contributed by atoms with Gasteiger partial charge >= 0.3 is 0 Å². The van der Waals surface area contributed by atoms with Crippen molar-refractivity contribution in [3.63, 3.8) is 0 Å². The van der Waals surface area contributed by atoms with Gasteiger partial charge in [-0.05, 0) is 37.5 Å². The normalized spacial score (nSPS) is 30.4. The monoisotopic (exact) mass is 228 g/mol. The van der Waals surface area contributed by atoms with E-state index < -0.39 is 0 Å². The topological polar surface area (TPSA) is 29.5 Å². The quantitative estimate of drug-likeness (QED) is 0.783. The van der Waals surface area contributed by atoms with E-state index in [0.29, 0.717) is 18.4 Å². The Morgan fingerprint density at radius 1 is 1.31 bits per heavy atom. The number of ether oxygens (including phenoxy) is 1. The molecule has 1 rings (SSSR count). The molecule has 2 heteroatoms. The third-order valence-corrected chi connectivity index (χ3v) is 3.81. The molecule has 0 bridgehead atoms. The van der Waals surface area contributed by atoms with Crippen LogP contribution in [0.5, 0.6) is 0 Å². The van der Waals surface area contributed by atoms with Crippen molar-refractivity contribution in [1.29, 1.82) is 0 Å². The number of rotatable bonds is 5. The zero-order valence-corrected chi connectivity index (χ0v) is 11.3. The number of aliphatic hydroxyl groups excluding tert-OH is 1. The Labute approximate surface area is 100 Å². The van der Waals surface area contributed by atoms with E-state index >= 15 is 0 Å². The van der Waals surface area contributed by atoms with Gasteiger partial charge in [0.25, 0.3) is 0 Å². The number of hydrogen-bond donors (Lipinski definition) is 1. The van der Waals surface area contributed by atoms with Gasteiger partial charge in [-0.1, -0.05) is 33.6 Å². The minimum absolute atomic E-state index is 0.0142. The molecule has 1 N–H and O–H groups in total. The predicted molar refractivity (Wildman–Crippen MR) is 67.4 cm³/mol. The van der Waals surface area contributed by atoms with Crippen LogP contribution in [0.1, 0.15) is 53.4 Å². The summed E-state index contributed by atoms with van der Waals surface area (Å²) in [7, 11) is 0. The summed E-state index contributed by atoms with van der Waals surface area (Å²) in [5.74, 6) is 1.61. The van der Waals surface area contributed by atoms with Gasteiger partial charge in [0.05, 0.1) is 12.2 Å². The summed E-state index contributed by atoms with van der Waals surface area (Å²) in [6.45, 7) is 9.27. The Morgan fingerprint density at radius 2 is 2.00 bits per heavy atom. The third kappa shape index (κ3) is 3.74. The summed E-state index contributed by atoms with van der Waals surface area (Å²) in [4.78, 5) is 0. The lowest BCUT2D eigenvalue weighted by Gasteiger charge is -2.36. The summed E-state index contributed by atoms with van der Waals surface area (Å²) in [5, 5.41) is 10.4. The molecule has 96 valence electrons. The minimum Gasteiger partial charge on any atom is -0.390 e. The van der Waals surface area contributed by atoms with Crippen LogP contribution in [-0.4, -0.2) is 23.9 Å². The second kappa shape index (κ2) is 6.61. The van der Waals surface area contributed by atoms with Gasteiger partial charge in [0.1, 0.15) is 0 Å².